The normalized spacial score (nSPS) is 12.1. The zero-order chi connectivity index (χ0) is 32.6. The summed E-state index contributed by atoms with van der Waals surface area (Å²) >= 11 is 0. The number of fused-ring (bicyclic) bond motifs is 4. The molecule has 8 aromatic carbocycles. The first kappa shape index (κ1) is 29.0. The molecule has 1 aliphatic rings. The number of hydrogen-bond donors (Lipinski definition) is 0. The van der Waals surface area contributed by atoms with Crippen LogP contribution in [0.2, 0.25) is 0 Å². The molecule has 8 aromatic rings. The number of anilines is 3. The Morgan fingerprint density at radius 3 is 1.78 bits per heavy atom. The summed E-state index contributed by atoms with van der Waals surface area (Å²) in [6.07, 6.45) is 0.955. The lowest BCUT2D eigenvalue weighted by atomic mass is 9.89. The third kappa shape index (κ3) is 5.30. The molecule has 0 saturated heterocycles. The predicted molar refractivity (Wildman–Crippen MR) is 207 cm³/mol. The molecule has 0 N–H and O–H groups in total. The first-order chi connectivity index (χ1) is 24.3. The Labute approximate surface area is 288 Å². The van der Waals surface area contributed by atoms with E-state index >= 15 is 0 Å². The number of hydrogen-bond acceptors (Lipinski definition) is 1. The molecule has 9 rings (SSSR count). The van der Waals surface area contributed by atoms with Gasteiger partial charge in [0.25, 0.3) is 0 Å². The van der Waals surface area contributed by atoms with Gasteiger partial charge in [-0.3, -0.25) is 0 Å². The van der Waals surface area contributed by atoms with E-state index in [0.29, 0.717) is 5.92 Å². The third-order valence-corrected chi connectivity index (χ3v) is 10.0. The minimum atomic E-state index is 0.339. The summed E-state index contributed by atoms with van der Waals surface area (Å²) in [6, 6.07) is 70.8. The van der Waals surface area contributed by atoms with Gasteiger partial charge >= 0.3 is 0 Å². The molecular weight excluding hydrogens is 591 g/mol. The van der Waals surface area contributed by atoms with Crippen molar-refractivity contribution in [1.82, 2.24) is 0 Å². The predicted octanol–water partition coefficient (Wildman–Crippen LogP) is 13.0. The Morgan fingerprint density at radius 2 is 0.959 bits per heavy atom. The van der Waals surface area contributed by atoms with Crippen LogP contribution in [0.15, 0.2) is 194 Å². The molecule has 0 radical (unpaired) electrons. The van der Waals surface area contributed by atoms with E-state index < -0.39 is 0 Å². The Hall–Kier alpha value is -6.18. The quantitative estimate of drug-likeness (QED) is 0.170. The molecule has 0 amide bonds. The van der Waals surface area contributed by atoms with Gasteiger partial charge in [-0.2, -0.15) is 0 Å². The molecule has 1 heteroatoms. The Balaban J connectivity index is 1.17. The molecule has 0 saturated carbocycles. The Kier molecular flexibility index (Phi) is 7.37. The number of para-hydroxylation sites is 1. The fourth-order valence-corrected chi connectivity index (χ4v) is 7.76. The zero-order valence-corrected chi connectivity index (χ0v) is 27.2. The van der Waals surface area contributed by atoms with E-state index in [0.717, 1.165) is 23.5 Å². The van der Waals surface area contributed by atoms with E-state index in [2.05, 4.69) is 199 Å². The highest BCUT2D eigenvalue weighted by Gasteiger charge is 2.28. The Bertz CT molecular complexity index is 2390. The van der Waals surface area contributed by atoms with Gasteiger partial charge in [-0.1, -0.05) is 170 Å². The second kappa shape index (κ2) is 12.4. The molecule has 0 spiro atoms. The van der Waals surface area contributed by atoms with Crippen molar-refractivity contribution >= 4 is 27.8 Å². The molecule has 0 unspecified atom stereocenters. The summed E-state index contributed by atoms with van der Waals surface area (Å²) < 4.78 is 0. The van der Waals surface area contributed by atoms with Crippen LogP contribution in [0.5, 0.6) is 0 Å². The molecule has 1 aliphatic carbocycles. The van der Waals surface area contributed by atoms with E-state index in [1.807, 2.05) is 0 Å². The van der Waals surface area contributed by atoms with Gasteiger partial charge in [0.15, 0.2) is 0 Å². The number of rotatable bonds is 7. The SMILES string of the molecule is c1ccc(-c2cccc(N(c3ccccc3-c3cccc(CC4c5ccccc5-c5ccccc54)c3)c3cccc4ccccc34)c2)cc1. The van der Waals surface area contributed by atoms with E-state index in [9.17, 15) is 0 Å². The van der Waals surface area contributed by atoms with Gasteiger partial charge in [-0.05, 0) is 80.6 Å². The minimum Gasteiger partial charge on any atom is -0.309 e. The molecule has 0 fully saturated rings. The third-order valence-electron chi connectivity index (χ3n) is 10.0. The second-order valence-electron chi connectivity index (χ2n) is 12.9. The fourth-order valence-electron chi connectivity index (χ4n) is 7.76. The van der Waals surface area contributed by atoms with Gasteiger partial charge in [0, 0.05) is 22.6 Å². The molecule has 0 bridgehead atoms. The largest absolute Gasteiger partial charge is 0.309 e. The van der Waals surface area contributed by atoms with Crippen molar-refractivity contribution in [3.63, 3.8) is 0 Å². The highest BCUT2D eigenvalue weighted by Crippen LogP contribution is 2.47. The summed E-state index contributed by atoms with van der Waals surface area (Å²) in [4.78, 5) is 2.44. The first-order valence-electron chi connectivity index (χ1n) is 17.1. The second-order valence-corrected chi connectivity index (χ2v) is 12.9. The molecular formula is C48H35N. The summed E-state index contributed by atoms with van der Waals surface area (Å²) in [5, 5.41) is 2.44. The first-order valence-corrected chi connectivity index (χ1v) is 17.1. The van der Waals surface area contributed by atoms with Crippen molar-refractivity contribution in [2.45, 2.75) is 12.3 Å². The minimum absolute atomic E-state index is 0.339. The van der Waals surface area contributed by atoms with Gasteiger partial charge in [-0.15, -0.1) is 0 Å². The maximum Gasteiger partial charge on any atom is 0.0540 e. The van der Waals surface area contributed by atoms with Crippen molar-refractivity contribution in [1.29, 1.82) is 0 Å². The van der Waals surface area contributed by atoms with Gasteiger partial charge in [0.2, 0.25) is 0 Å². The number of nitrogens with zero attached hydrogens (tertiary/aromatic N) is 1. The average molecular weight is 626 g/mol. The molecule has 0 heterocycles. The van der Waals surface area contributed by atoms with Gasteiger partial charge in [0.05, 0.1) is 11.4 Å². The lowest BCUT2D eigenvalue weighted by molar-refractivity contribution is 0.827. The van der Waals surface area contributed by atoms with Gasteiger partial charge < -0.3 is 4.90 Å². The van der Waals surface area contributed by atoms with Crippen LogP contribution in [0, 0.1) is 0 Å². The van der Waals surface area contributed by atoms with Crippen molar-refractivity contribution in [2.24, 2.45) is 0 Å². The van der Waals surface area contributed by atoms with Crippen molar-refractivity contribution in [2.75, 3.05) is 4.90 Å². The number of benzene rings is 8. The van der Waals surface area contributed by atoms with Crippen LogP contribution >= 0.6 is 0 Å². The highest BCUT2D eigenvalue weighted by atomic mass is 15.1. The van der Waals surface area contributed by atoms with E-state index in [1.165, 1.54) is 60.8 Å². The molecule has 0 atom stereocenters. The smallest absolute Gasteiger partial charge is 0.0540 e. The van der Waals surface area contributed by atoms with Crippen LogP contribution in [0.4, 0.5) is 17.1 Å². The van der Waals surface area contributed by atoms with Crippen LogP contribution < -0.4 is 4.90 Å². The van der Waals surface area contributed by atoms with Crippen LogP contribution in [0.1, 0.15) is 22.6 Å². The lowest BCUT2D eigenvalue weighted by Gasteiger charge is -2.29. The fraction of sp³-hybridized carbons (Fsp3) is 0.0417. The van der Waals surface area contributed by atoms with Crippen LogP contribution in [-0.2, 0) is 6.42 Å². The molecule has 49 heavy (non-hydrogen) atoms. The highest BCUT2D eigenvalue weighted by molar-refractivity contribution is 6.01. The summed E-state index contributed by atoms with van der Waals surface area (Å²) in [7, 11) is 0. The van der Waals surface area contributed by atoms with E-state index in [-0.39, 0.29) is 0 Å². The lowest BCUT2D eigenvalue weighted by Crippen LogP contribution is -2.12. The summed E-state index contributed by atoms with van der Waals surface area (Å²) in [6.45, 7) is 0. The van der Waals surface area contributed by atoms with E-state index in [4.69, 9.17) is 0 Å². The average Bonchev–Trinajstić information content (AvgIpc) is 3.49. The summed E-state index contributed by atoms with van der Waals surface area (Å²) in [5.41, 5.74) is 15.2. The molecule has 232 valence electrons. The van der Waals surface area contributed by atoms with Gasteiger partial charge in [0.1, 0.15) is 0 Å². The molecule has 1 nitrogen and oxygen atoms in total. The van der Waals surface area contributed by atoms with Crippen molar-refractivity contribution in [3.8, 4) is 33.4 Å². The summed E-state index contributed by atoms with van der Waals surface area (Å²) in [5.74, 6) is 0.339. The van der Waals surface area contributed by atoms with Crippen molar-refractivity contribution in [3.05, 3.63) is 211 Å². The maximum atomic E-state index is 2.44. The van der Waals surface area contributed by atoms with Crippen LogP contribution in [0.25, 0.3) is 44.2 Å². The zero-order valence-electron chi connectivity index (χ0n) is 27.2. The van der Waals surface area contributed by atoms with Gasteiger partial charge in [-0.25, -0.2) is 0 Å². The monoisotopic (exact) mass is 625 g/mol. The Morgan fingerprint density at radius 1 is 0.388 bits per heavy atom. The maximum absolute atomic E-state index is 2.44. The van der Waals surface area contributed by atoms with E-state index in [1.54, 1.807) is 0 Å². The molecule has 0 aromatic heterocycles. The standard InChI is InChI=1S/C48H35N/c1-2-16-35(17-3-1)37-20-13-22-39(33-37)49(48-30-14-19-36-18-4-5-23-40(36)48)47-29-11-10-24-41(47)38-21-12-15-34(31-38)32-46-44-27-8-6-25-42(44)43-26-7-9-28-45(43)46/h1-31,33,46H,32H2. The van der Waals surface area contributed by atoms with Crippen LogP contribution in [-0.4, -0.2) is 0 Å². The molecule has 0 aliphatic heterocycles. The topological polar surface area (TPSA) is 3.24 Å². The van der Waals surface area contributed by atoms with Crippen molar-refractivity contribution < 1.29 is 0 Å². The van der Waals surface area contributed by atoms with Crippen LogP contribution in [0.3, 0.4) is 0 Å².